The van der Waals surface area contributed by atoms with E-state index in [1.165, 1.54) is 4.68 Å². The van der Waals surface area contributed by atoms with Crippen LogP contribution in [0.5, 0.6) is 0 Å². The van der Waals surface area contributed by atoms with Crippen LogP contribution in [-0.4, -0.2) is 20.4 Å². The third kappa shape index (κ3) is 1.40. The van der Waals surface area contributed by atoms with Gasteiger partial charge >= 0.3 is 5.97 Å². The molecule has 5 heteroatoms. The molecule has 0 fully saturated rings. The van der Waals surface area contributed by atoms with E-state index in [1.807, 2.05) is 18.2 Å². The Hall–Kier alpha value is -2.30. The van der Waals surface area contributed by atoms with Crippen molar-refractivity contribution in [1.82, 2.24) is 9.36 Å². The van der Waals surface area contributed by atoms with Crippen molar-refractivity contribution in [1.29, 1.82) is 0 Å². The fraction of sp³-hybridized carbons (Fsp3) is 0.231. The molecule has 1 aromatic carbocycles. The van der Waals surface area contributed by atoms with Crippen LogP contribution < -0.4 is 5.56 Å². The van der Waals surface area contributed by atoms with Gasteiger partial charge in [0.1, 0.15) is 5.56 Å². The first-order chi connectivity index (χ1) is 8.70. The number of hydrogen-bond acceptors (Lipinski definition) is 2. The molecule has 18 heavy (non-hydrogen) atoms. The Labute approximate surface area is 103 Å². The van der Waals surface area contributed by atoms with Gasteiger partial charge in [-0.1, -0.05) is 18.2 Å². The minimum atomic E-state index is -1.14. The predicted octanol–water partition coefficient (Wildman–Crippen LogP) is 1.28. The van der Waals surface area contributed by atoms with E-state index in [0.29, 0.717) is 24.3 Å². The third-order valence-electron chi connectivity index (χ3n) is 3.25. The van der Waals surface area contributed by atoms with E-state index >= 15 is 0 Å². The second kappa shape index (κ2) is 3.87. The molecule has 0 saturated carbocycles. The van der Waals surface area contributed by atoms with Gasteiger partial charge in [0.05, 0.1) is 11.4 Å². The summed E-state index contributed by atoms with van der Waals surface area (Å²) in [5.74, 6) is -1.14. The Morgan fingerprint density at radius 2 is 1.94 bits per heavy atom. The summed E-state index contributed by atoms with van der Waals surface area (Å²) >= 11 is 0. The van der Waals surface area contributed by atoms with Crippen LogP contribution in [0.4, 0.5) is 0 Å². The molecular weight excluding hydrogens is 232 g/mol. The summed E-state index contributed by atoms with van der Waals surface area (Å²) < 4.78 is 3.24. The predicted molar refractivity (Wildman–Crippen MR) is 65.3 cm³/mol. The van der Waals surface area contributed by atoms with Crippen LogP contribution in [0, 0.1) is 0 Å². The lowest BCUT2D eigenvalue weighted by Gasteiger charge is -2.08. The molecule has 3 rings (SSSR count). The molecule has 0 atom stereocenters. The van der Waals surface area contributed by atoms with Gasteiger partial charge in [0.15, 0.2) is 0 Å². The normalized spacial score (nSPS) is 13.6. The van der Waals surface area contributed by atoms with Crippen molar-refractivity contribution in [2.45, 2.75) is 19.4 Å². The molecular formula is C13H12N2O3. The highest BCUT2D eigenvalue weighted by Gasteiger charge is 2.28. The molecule has 1 aliphatic heterocycles. The maximum absolute atomic E-state index is 12.2. The molecule has 2 heterocycles. The quantitative estimate of drug-likeness (QED) is 0.865. The summed E-state index contributed by atoms with van der Waals surface area (Å²) in [6.07, 6.45) is 1.53. The molecule has 1 aromatic heterocycles. The SMILES string of the molecule is O=C(O)c1c2n(n(-c3ccccc3)c1=O)CCC2. The summed E-state index contributed by atoms with van der Waals surface area (Å²) in [7, 11) is 0. The van der Waals surface area contributed by atoms with Crippen LogP contribution in [0.3, 0.4) is 0 Å². The van der Waals surface area contributed by atoms with Crippen molar-refractivity contribution in [2.24, 2.45) is 0 Å². The van der Waals surface area contributed by atoms with Crippen molar-refractivity contribution in [3.8, 4) is 5.69 Å². The van der Waals surface area contributed by atoms with Gasteiger partial charge in [-0.15, -0.1) is 0 Å². The van der Waals surface area contributed by atoms with E-state index in [1.54, 1.807) is 16.8 Å². The van der Waals surface area contributed by atoms with Gasteiger partial charge in [-0.05, 0) is 25.0 Å². The van der Waals surface area contributed by atoms with E-state index in [4.69, 9.17) is 5.11 Å². The molecule has 0 radical (unpaired) electrons. The van der Waals surface area contributed by atoms with Gasteiger partial charge < -0.3 is 5.11 Å². The Balaban J connectivity index is 2.32. The number of aromatic carboxylic acids is 1. The molecule has 0 unspecified atom stereocenters. The topological polar surface area (TPSA) is 64.2 Å². The minimum Gasteiger partial charge on any atom is -0.477 e. The first-order valence-corrected chi connectivity index (χ1v) is 5.83. The molecule has 0 saturated heterocycles. The van der Waals surface area contributed by atoms with Crippen LogP contribution in [0.25, 0.3) is 5.69 Å². The first kappa shape index (κ1) is 10.8. The smallest absolute Gasteiger partial charge is 0.343 e. The molecule has 92 valence electrons. The van der Waals surface area contributed by atoms with E-state index in [2.05, 4.69) is 0 Å². The zero-order chi connectivity index (χ0) is 12.7. The number of rotatable bonds is 2. The van der Waals surface area contributed by atoms with Gasteiger partial charge in [0.25, 0.3) is 5.56 Å². The summed E-state index contributed by atoms with van der Waals surface area (Å²) in [6.45, 7) is 0.687. The summed E-state index contributed by atoms with van der Waals surface area (Å²) in [6, 6.07) is 9.13. The molecule has 0 spiro atoms. The van der Waals surface area contributed by atoms with Crippen molar-refractivity contribution >= 4 is 5.97 Å². The molecule has 1 N–H and O–H groups in total. The molecule has 5 nitrogen and oxygen atoms in total. The molecule has 0 amide bonds. The fourth-order valence-corrected chi connectivity index (χ4v) is 2.51. The standard InChI is InChI=1S/C13H12N2O3/c16-12-11(13(17)18)10-7-4-8-14(10)15(12)9-5-2-1-3-6-9/h1-3,5-6H,4,7-8H2,(H,17,18). The highest BCUT2D eigenvalue weighted by molar-refractivity contribution is 5.88. The van der Waals surface area contributed by atoms with Gasteiger partial charge in [0, 0.05) is 6.54 Å². The van der Waals surface area contributed by atoms with E-state index in [0.717, 1.165) is 6.42 Å². The van der Waals surface area contributed by atoms with E-state index in [-0.39, 0.29) is 5.56 Å². The van der Waals surface area contributed by atoms with Gasteiger partial charge in [-0.25, -0.2) is 9.48 Å². The molecule has 0 bridgehead atoms. The van der Waals surface area contributed by atoms with Crippen LogP contribution in [0.1, 0.15) is 22.5 Å². The molecule has 1 aliphatic rings. The second-order valence-electron chi connectivity index (χ2n) is 4.31. The average molecular weight is 244 g/mol. The minimum absolute atomic E-state index is 0.0867. The van der Waals surface area contributed by atoms with Crippen LogP contribution in [-0.2, 0) is 13.0 Å². The summed E-state index contributed by atoms with van der Waals surface area (Å²) in [5.41, 5.74) is 0.814. The zero-order valence-electron chi connectivity index (χ0n) is 9.67. The Kier molecular flexibility index (Phi) is 2.33. The van der Waals surface area contributed by atoms with Crippen molar-refractivity contribution in [3.05, 3.63) is 51.9 Å². The largest absolute Gasteiger partial charge is 0.477 e. The van der Waals surface area contributed by atoms with Gasteiger partial charge in [0.2, 0.25) is 0 Å². The maximum atomic E-state index is 12.2. The number of carboxylic acid groups (broad SMARTS) is 1. The zero-order valence-corrected chi connectivity index (χ0v) is 9.67. The summed E-state index contributed by atoms with van der Waals surface area (Å²) in [5, 5.41) is 9.16. The van der Waals surface area contributed by atoms with Crippen molar-refractivity contribution in [2.75, 3.05) is 0 Å². The highest BCUT2D eigenvalue weighted by atomic mass is 16.4. The van der Waals surface area contributed by atoms with Gasteiger partial charge in [-0.2, -0.15) is 0 Å². The Bertz CT molecular complexity index is 668. The van der Waals surface area contributed by atoms with Crippen molar-refractivity contribution in [3.63, 3.8) is 0 Å². The van der Waals surface area contributed by atoms with E-state index in [9.17, 15) is 9.59 Å². The first-order valence-electron chi connectivity index (χ1n) is 5.83. The van der Waals surface area contributed by atoms with Crippen LogP contribution >= 0.6 is 0 Å². The number of aromatic nitrogens is 2. The highest BCUT2D eigenvalue weighted by Crippen LogP contribution is 2.20. The number of hydrogen-bond donors (Lipinski definition) is 1. The Morgan fingerprint density at radius 1 is 1.22 bits per heavy atom. The second-order valence-corrected chi connectivity index (χ2v) is 4.31. The molecule has 2 aromatic rings. The number of fused-ring (bicyclic) bond motifs is 1. The lowest BCUT2D eigenvalue weighted by molar-refractivity contribution is 0.0694. The third-order valence-corrected chi connectivity index (χ3v) is 3.25. The molecule has 0 aliphatic carbocycles. The average Bonchev–Trinajstić information content (AvgIpc) is 2.88. The maximum Gasteiger partial charge on any atom is 0.343 e. The number of carboxylic acids is 1. The number of benzene rings is 1. The lowest BCUT2D eigenvalue weighted by atomic mass is 10.2. The summed E-state index contributed by atoms with van der Waals surface area (Å²) in [4.78, 5) is 23.4. The lowest BCUT2D eigenvalue weighted by Crippen LogP contribution is -2.23. The van der Waals surface area contributed by atoms with E-state index < -0.39 is 11.5 Å². The van der Waals surface area contributed by atoms with Crippen molar-refractivity contribution < 1.29 is 9.90 Å². The van der Waals surface area contributed by atoms with Crippen LogP contribution in [0.2, 0.25) is 0 Å². The number of carbonyl (C=O) groups is 1. The monoisotopic (exact) mass is 244 g/mol. The number of nitrogens with zero attached hydrogens (tertiary/aromatic N) is 2. The van der Waals surface area contributed by atoms with Gasteiger partial charge in [-0.3, -0.25) is 9.48 Å². The van der Waals surface area contributed by atoms with Crippen LogP contribution in [0.15, 0.2) is 35.1 Å². The fourth-order valence-electron chi connectivity index (χ4n) is 2.51. The Morgan fingerprint density at radius 3 is 2.61 bits per heavy atom. The number of para-hydroxylation sites is 1.